The zero-order chi connectivity index (χ0) is 12.3. The van der Waals surface area contributed by atoms with Crippen molar-refractivity contribution in [2.75, 3.05) is 20.8 Å². The molecule has 0 aliphatic heterocycles. The monoisotopic (exact) mass is 234 g/mol. The van der Waals surface area contributed by atoms with E-state index in [-0.39, 0.29) is 5.56 Å². The van der Waals surface area contributed by atoms with Crippen LogP contribution in [0, 0.1) is 0 Å². The molecule has 2 aromatic rings. The van der Waals surface area contributed by atoms with E-state index in [1.807, 2.05) is 0 Å². The van der Waals surface area contributed by atoms with E-state index in [1.165, 1.54) is 10.9 Å². The van der Waals surface area contributed by atoms with Crippen LogP contribution < -0.4 is 10.3 Å². The van der Waals surface area contributed by atoms with E-state index in [1.54, 1.807) is 32.4 Å². The van der Waals surface area contributed by atoms with Gasteiger partial charge in [-0.2, -0.15) is 0 Å². The first kappa shape index (κ1) is 11.6. The number of hydrogen-bond donors (Lipinski definition) is 0. The van der Waals surface area contributed by atoms with Crippen LogP contribution in [0.5, 0.6) is 5.75 Å². The lowest BCUT2D eigenvalue weighted by Crippen LogP contribution is -2.22. The highest BCUT2D eigenvalue weighted by Gasteiger charge is 2.05. The third-order valence-corrected chi connectivity index (χ3v) is 2.57. The molecule has 90 valence electrons. The van der Waals surface area contributed by atoms with Crippen LogP contribution in [0.2, 0.25) is 0 Å². The molecule has 1 heterocycles. The number of rotatable bonds is 4. The van der Waals surface area contributed by atoms with Gasteiger partial charge in [0.1, 0.15) is 5.75 Å². The highest BCUT2D eigenvalue weighted by molar-refractivity contribution is 5.78. The molecule has 0 radical (unpaired) electrons. The van der Waals surface area contributed by atoms with Gasteiger partial charge in [0.05, 0.1) is 37.5 Å². The Kier molecular flexibility index (Phi) is 3.39. The van der Waals surface area contributed by atoms with Gasteiger partial charge in [-0.05, 0) is 18.2 Å². The summed E-state index contributed by atoms with van der Waals surface area (Å²) in [5.74, 6) is 0.654. The fourth-order valence-corrected chi connectivity index (χ4v) is 1.61. The zero-order valence-corrected chi connectivity index (χ0v) is 9.84. The standard InChI is InChI=1S/C12H14N2O3/c1-16-6-5-14-8-13-11-4-3-9(17-2)7-10(11)12(14)15/h3-4,7-8H,5-6H2,1-2H3. The molecule has 0 amide bonds. The molecule has 0 saturated carbocycles. The topological polar surface area (TPSA) is 53.4 Å². The largest absolute Gasteiger partial charge is 0.497 e. The summed E-state index contributed by atoms with van der Waals surface area (Å²) < 4.78 is 11.6. The van der Waals surface area contributed by atoms with Crippen LogP contribution in [0.1, 0.15) is 0 Å². The molecule has 0 bridgehead atoms. The van der Waals surface area contributed by atoms with E-state index >= 15 is 0 Å². The van der Waals surface area contributed by atoms with Crippen LogP contribution in [0.4, 0.5) is 0 Å². The Morgan fingerprint density at radius 2 is 2.18 bits per heavy atom. The van der Waals surface area contributed by atoms with Crippen molar-refractivity contribution in [3.05, 3.63) is 34.9 Å². The molecule has 17 heavy (non-hydrogen) atoms. The molecule has 1 aromatic heterocycles. The molecular weight excluding hydrogens is 220 g/mol. The number of methoxy groups -OCH3 is 2. The Morgan fingerprint density at radius 3 is 2.88 bits per heavy atom. The first-order valence-corrected chi connectivity index (χ1v) is 5.28. The molecule has 0 unspecified atom stereocenters. The molecule has 0 fully saturated rings. The van der Waals surface area contributed by atoms with Gasteiger partial charge in [-0.1, -0.05) is 0 Å². The summed E-state index contributed by atoms with van der Waals surface area (Å²) in [5.41, 5.74) is 0.593. The lowest BCUT2D eigenvalue weighted by Gasteiger charge is -2.06. The summed E-state index contributed by atoms with van der Waals surface area (Å²) in [6.07, 6.45) is 1.54. The van der Waals surface area contributed by atoms with Crippen LogP contribution in [-0.2, 0) is 11.3 Å². The maximum absolute atomic E-state index is 12.1. The van der Waals surface area contributed by atoms with Crippen LogP contribution >= 0.6 is 0 Å². The minimum atomic E-state index is -0.0778. The van der Waals surface area contributed by atoms with Crippen molar-refractivity contribution in [1.29, 1.82) is 0 Å². The summed E-state index contributed by atoms with van der Waals surface area (Å²) in [5, 5.41) is 0.558. The van der Waals surface area contributed by atoms with Crippen molar-refractivity contribution in [3.8, 4) is 5.75 Å². The minimum absolute atomic E-state index is 0.0778. The molecule has 0 aliphatic rings. The van der Waals surface area contributed by atoms with Crippen molar-refractivity contribution >= 4 is 10.9 Å². The van der Waals surface area contributed by atoms with Gasteiger partial charge in [0.15, 0.2) is 0 Å². The molecule has 0 spiro atoms. The van der Waals surface area contributed by atoms with Crippen molar-refractivity contribution in [3.63, 3.8) is 0 Å². The second kappa shape index (κ2) is 4.97. The first-order valence-electron chi connectivity index (χ1n) is 5.28. The van der Waals surface area contributed by atoms with Crippen molar-refractivity contribution < 1.29 is 9.47 Å². The fraction of sp³-hybridized carbons (Fsp3) is 0.333. The van der Waals surface area contributed by atoms with Crippen LogP contribution in [0.15, 0.2) is 29.3 Å². The van der Waals surface area contributed by atoms with Gasteiger partial charge >= 0.3 is 0 Å². The van der Waals surface area contributed by atoms with Crippen LogP contribution in [0.25, 0.3) is 10.9 Å². The normalized spacial score (nSPS) is 10.7. The summed E-state index contributed by atoms with van der Waals surface area (Å²) in [6, 6.07) is 5.26. The Hall–Kier alpha value is -1.88. The highest BCUT2D eigenvalue weighted by atomic mass is 16.5. The van der Waals surface area contributed by atoms with E-state index in [0.717, 1.165) is 0 Å². The zero-order valence-electron chi connectivity index (χ0n) is 9.84. The summed E-state index contributed by atoms with van der Waals surface area (Å²) in [6.45, 7) is 0.979. The average molecular weight is 234 g/mol. The van der Waals surface area contributed by atoms with Gasteiger partial charge in [0.2, 0.25) is 0 Å². The number of hydrogen-bond acceptors (Lipinski definition) is 4. The molecule has 0 saturated heterocycles. The maximum atomic E-state index is 12.1. The number of aromatic nitrogens is 2. The van der Waals surface area contributed by atoms with Gasteiger partial charge in [0.25, 0.3) is 5.56 Å². The molecule has 0 atom stereocenters. The number of nitrogens with zero attached hydrogens (tertiary/aromatic N) is 2. The number of benzene rings is 1. The van der Waals surface area contributed by atoms with Gasteiger partial charge in [-0.3, -0.25) is 9.36 Å². The first-order chi connectivity index (χ1) is 8.26. The quantitative estimate of drug-likeness (QED) is 0.793. The lowest BCUT2D eigenvalue weighted by atomic mass is 10.2. The molecule has 5 nitrogen and oxygen atoms in total. The Labute approximate surface area is 98.6 Å². The average Bonchev–Trinajstić information content (AvgIpc) is 2.38. The Morgan fingerprint density at radius 1 is 1.35 bits per heavy atom. The SMILES string of the molecule is COCCn1cnc2ccc(OC)cc2c1=O. The number of fused-ring (bicyclic) bond motifs is 1. The Bertz CT molecular complexity index is 577. The molecule has 2 rings (SSSR count). The van der Waals surface area contributed by atoms with Gasteiger partial charge < -0.3 is 9.47 Å². The van der Waals surface area contributed by atoms with Crippen molar-refractivity contribution in [2.24, 2.45) is 0 Å². The summed E-state index contributed by atoms with van der Waals surface area (Å²) >= 11 is 0. The summed E-state index contributed by atoms with van der Waals surface area (Å²) in [4.78, 5) is 16.3. The molecule has 5 heteroatoms. The third-order valence-electron chi connectivity index (χ3n) is 2.57. The predicted molar refractivity (Wildman–Crippen MR) is 64.4 cm³/mol. The molecular formula is C12H14N2O3. The van der Waals surface area contributed by atoms with Crippen LogP contribution in [0.3, 0.4) is 0 Å². The second-order valence-corrected chi connectivity index (χ2v) is 3.62. The highest BCUT2D eigenvalue weighted by Crippen LogP contribution is 2.15. The van der Waals surface area contributed by atoms with E-state index in [0.29, 0.717) is 29.8 Å². The minimum Gasteiger partial charge on any atom is -0.497 e. The van der Waals surface area contributed by atoms with Gasteiger partial charge in [-0.15, -0.1) is 0 Å². The van der Waals surface area contributed by atoms with Gasteiger partial charge in [-0.25, -0.2) is 4.98 Å². The van der Waals surface area contributed by atoms with E-state index in [4.69, 9.17) is 9.47 Å². The fourth-order valence-electron chi connectivity index (χ4n) is 1.61. The number of ether oxygens (including phenoxy) is 2. The second-order valence-electron chi connectivity index (χ2n) is 3.62. The van der Waals surface area contributed by atoms with E-state index in [2.05, 4.69) is 4.98 Å². The summed E-state index contributed by atoms with van der Waals surface area (Å²) in [7, 11) is 3.17. The smallest absolute Gasteiger partial charge is 0.261 e. The van der Waals surface area contributed by atoms with Crippen molar-refractivity contribution in [2.45, 2.75) is 6.54 Å². The van der Waals surface area contributed by atoms with Gasteiger partial charge in [0, 0.05) is 7.11 Å². The third kappa shape index (κ3) is 2.29. The maximum Gasteiger partial charge on any atom is 0.261 e. The van der Waals surface area contributed by atoms with E-state index < -0.39 is 0 Å². The molecule has 1 aromatic carbocycles. The van der Waals surface area contributed by atoms with Crippen LogP contribution in [-0.4, -0.2) is 30.4 Å². The van der Waals surface area contributed by atoms with E-state index in [9.17, 15) is 4.79 Å². The lowest BCUT2D eigenvalue weighted by molar-refractivity contribution is 0.186. The molecule has 0 N–H and O–H groups in total. The molecule has 0 aliphatic carbocycles. The van der Waals surface area contributed by atoms with Crippen molar-refractivity contribution in [1.82, 2.24) is 9.55 Å². The predicted octanol–water partition coefficient (Wildman–Crippen LogP) is 1.05. The Balaban J connectivity index is 2.52.